The summed E-state index contributed by atoms with van der Waals surface area (Å²) >= 11 is 0. The summed E-state index contributed by atoms with van der Waals surface area (Å²) in [7, 11) is -1.84. The molecule has 9 nitrogen and oxygen atoms in total. The van der Waals surface area contributed by atoms with E-state index in [0.29, 0.717) is 34.6 Å². The van der Waals surface area contributed by atoms with E-state index in [1.165, 1.54) is 26.2 Å². The minimum atomic E-state index is -4.75. The lowest BCUT2D eigenvalue weighted by Gasteiger charge is -2.41. The number of aromatic nitrogens is 3. The second-order valence-corrected chi connectivity index (χ2v) is 12.5. The molecule has 0 radical (unpaired) electrons. The zero-order valence-electron chi connectivity index (χ0n) is 24.0. The Bertz CT molecular complexity index is 1820. The van der Waals surface area contributed by atoms with Crippen molar-refractivity contribution < 1.29 is 31.1 Å². The molecule has 2 aromatic heterocycles. The van der Waals surface area contributed by atoms with Gasteiger partial charge >= 0.3 is 6.18 Å². The van der Waals surface area contributed by atoms with Gasteiger partial charge in [0.2, 0.25) is 0 Å². The maximum absolute atomic E-state index is 14.3. The Kier molecular flexibility index (Phi) is 7.71. The number of piperazine rings is 1. The van der Waals surface area contributed by atoms with Crippen LogP contribution in [0.15, 0.2) is 66.2 Å². The molecular formula is C30H30F3N5O4S. The molecule has 1 fully saturated rings. The maximum Gasteiger partial charge on any atom is 0.433 e. The van der Waals surface area contributed by atoms with Gasteiger partial charge in [-0.2, -0.15) is 18.3 Å². The van der Waals surface area contributed by atoms with Gasteiger partial charge in [0.1, 0.15) is 11.3 Å². The summed E-state index contributed by atoms with van der Waals surface area (Å²) in [5.41, 5.74) is 0.618. The Morgan fingerprint density at radius 2 is 1.72 bits per heavy atom. The number of hydrogen-bond donors (Lipinski definition) is 0. The predicted molar refractivity (Wildman–Crippen MR) is 155 cm³/mol. The molecule has 0 unspecified atom stereocenters. The summed E-state index contributed by atoms with van der Waals surface area (Å²) in [5.74, 6) is 0.0657. The van der Waals surface area contributed by atoms with Gasteiger partial charge in [-0.1, -0.05) is 18.7 Å². The number of carbonyl (C=O) groups excluding carboxylic acids is 1. The van der Waals surface area contributed by atoms with Crippen LogP contribution < -0.4 is 4.74 Å². The standard InChI is InChI=1S/C30H30F3N5O4S/c1-18-17-36(20(3)21-8-12-24(13-9-21)43(5,40)41)14-15-37(18)29(39)25-16-34-38-27(30(31,32)33)19(2)26(35-28(25)38)22-6-10-23(42-4)11-7-22/h6-13,16,18H,3,14-15,17H2,1-2,4-5H3/t18-/m1/s1. The van der Waals surface area contributed by atoms with Crippen molar-refractivity contribution in [2.24, 2.45) is 0 Å². The van der Waals surface area contributed by atoms with E-state index in [0.717, 1.165) is 18.0 Å². The minimum absolute atomic E-state index is 0.0317. The van der Waals surface area contributed by atoms with Crippen LogP contribution in [0.3, 0.4) is 0 Å². The molecule has 0 bridgehead atoms. The van der Waals surface area contributed by atoms with Gasteiger partial charge in [-0.15, -0.1) is 0 Å². The van der Waals surface area contributed by atoms with E-state index in [-0.39, 0.29) is 40.0 Å². The molecule has 0 aliphatic carbocycles. The first-order valence-electron chi connectivity index (χ1n) is 13.4. The number of amides is 1. The average molecular weight is 614 g/mol. The van der Waals surface area contributed by atoms with Crippen molar-refractivity contribution >= 4 is 27.1 Å². The van der Waals surface area contributed by atoms with Crippen LogP contribution in [0, 0.1) is 6.92 Å². The molecule has 43 heavy (non-hydrogen) atoms. The summed E-state index contributed by atoms with van der Waals surface area (Å²) < 4.78 is 72.4. The molecule has 3 heterocycles. The zero-order chi connectivity index (χ0) is 31.3. The minimum Gasteiger partial charge on any atom is -0.497 e. The van der Waals surface area contributed by atoms with Gasteiger partial charge in [0, 0.05) is 48.8 Å². The topological polar surface area (TPSA) is 97.1 Å². The molecule has 5 rings (SSSR count). The summed E-state index contributed by atoms with van der Waals surface area (Å²) in [6, 6.07) is 12.6. The first kappa shape index (κ1) is 30.1. The van der Waals surface area contributed by atoms with Crippen LogP contribution in [0.2, 0.25) is 0 Å². The van der Waals surface area contributed by atoms with E-state index in [1.807, 2.05) is 11.8 Å². The maximum atomic E-state index is 14.3. The van der Waals surface area contributed by atoms with Crippen LogP contribution in [0.4, 0.5) is 13.2 Å². The van der Waals surface area contributed by atoms with E-state index >= 15 is 0 Å². The molecule has 4 aromatic rings. The highest BCUT2D eigenvalue weighted by Crippen LogP contribution is 2.37. The number of benzene rings is 2. The van der Waals surface area contributed by atoms with Crippen LogP contribution in [0.1, 0.15) is 34.1 Å². The molecule has 1 aliphatic rings. The van der Waals surface area contributed by atoms with E-state index < -0.39 is 27.6 Å². The van der Waals surface area contributed by atoms with Crippen molar-refractivity contribution in [1.29, 1.82) is 0 Å². The number of methoxy groups -OCH3 is 1. The highest BCUT2D eigenvalue weighted by Gasteiger charge is 2.39. The molecule has 226 valence electrons. The normalized spacial score (nSPS) is 16.0. The van der Waals surface area contributed by atoms with Crippen LogP contribution in [0.25, 0.3) is 22.6 Å². The summed E-state index contributed by atoms with van der Waals surface area (Å²) in [4.78, 5) is 22.1. The second kappa shape index (κ2) is 11.0. The van der Waals surface area contributed by atoms with Crippen molar-refractivity contribution in [2.45, 2.75) is 31.0 Å². The molecular weight excluding hydrogens is 583 g/mol. The van der Waals surface area contributed by atoms with Crippen molar-refractivity contribution in [3.05, 3.63) is 83.7 Å². The molecule has 13 heteroatoms. The first-order chi connectivity index (χ1) is 20.2. The molecule has 0 N–H and O–H groups in total. The zero-order valence-corrected chi connectivity index (χ0v) is 24.8. The number of hydrogen-bond acceptors (Lipinski definition) is 7. The van der Waals surface area contributed by atoms with Gasteiger partial charge < -0.3 is 14.5 Å². The highest BCUT2D eigenvalue weighted by molar-refractivity contribution is 7.90. The predicted octanol–water partition coefficient (Wildman–Crippen LogP) is 4.95. The van der Waals surface area contributed by atoms with Crippen LogP contribution in [-0.4, -0.2) is 77.8 Å². The first-order valence-corrected chi connectivity index (χ1v) is 15.2. The molecule has 0 saturated carbocycles. The quantitative estimate of drug-likeness (QED) is 0.304. The van der Waals surface area contributed by atoms with E-state index in [4.69, 9.17) is 4.74 Å². The molecule has 0 spiro atoms. The van der Waals surface area contributed by atoms with Gasteiger partial charge in [-0.3, -0.25) is 4.79 Å². The molecule has 1 amide bonds. The summed E-state index contributed by atoms with van der Waals surface area (Å²) in [5, 5.41) is 3.96. The number of sulfone groups is 1. The third kappa shape index (κ3) is 5.68. The summed E-state index contributed by atoms with van der Waals surface area (Å²) in [6.45, 7) is 8.45. The number of carbonyl (C=O) groups is 1. The molecule has 1 saturated heterocycles. The largest absolute Gasteiger partial charge is 0.497 e. The number of alkyl halides is 3. The lowest BCUT2D eigenvalue weighted by Crippen LogP contribution is -2.53. The SMILES string of the molecule is C=C(c1ccc(S(C)(=O)=O)cc1)N1CCN(C(=O)c2cnn3c(C(F)(F)F)c(C)c(-c4ccc(OC)cc4)nc23)[C@H](C)C1. The number of ether oxygens (including phenoxy) is 1. The van der Waals surface area contributed by atoms with Gasteiger partial charge in [-0.25, -0.2) is 17.9 Å². The van der Waals surface area contributed by atoms with E-state index in [2.05, 4.69) is 16.7 Å². The van der Waals surface area contributed by atoms with E-state index in [1.54, 1.807) is 41.3 Å². The van der Waals surface area contributed by atoms with E-state index in [9.17, 15) is 26.4 Å². The molecule has 2 aromatic carbocycles. The number of rotatable bonds is 6. The van der Waals surface area contributed by atoms with Crippen LogP contribution in [0.5, 0.6) is 5.75 Å². The monoisotopic (exact) mass is 613 g/mol. The number of halogens is 3. The second-order valence-electron chi connectivity index (χ2n) is 10.5. The third-order valence-corrected chi connectivity index (χ3v) is 8.76. The van der Waals surface area contributed by atoms with Crippen LogP contribution >= 0.6 is 0 Å². The Morgan fingerprint density at radius 1 is 1.07 bits per heavy atom. The van der Waals surface area contributed by atoms with Gasteiger partial charge in [0.25, 0.3) is 5.91 Å². The smallest absolute Gasteiger partial charge is 0.433 e. The number of nitrogens with zero attached hydrogens (tertiary/aromatic N) is 5. The van der Waals surface area contributed by atoms with Crippen molar-refractivity contribution in [2.75, 3.05) is 33.0 Å². The average Bonchev–Trinajstić information content (AvgIpc) is 3.38. The van der Waals surface area contributed by atoms with Crippen LogP contribution in [-0.2, 0) is 16.0 Å². The Labute approximate surface area is 247 Å². The van der Waals surface area contributed by atoms with Crippen molar-refractivity contribution in [3.63, 3.8) is 0 Å². The fourth-order valence-electron chi connectivity index (χ4n) is 5.32. The van der Waals surface area contributed by atoms with Gasteiger partial charge in [0.15, 0.2) is 21.2 Å². The fourth-order valence-corrected chi connectivity index (χ4v) is 5.95. The number of fused-ring (bicyclic) bond motifs is 1. The Hall–Kier alpha value is -4.39. The highest BCUT2D eigenvalue weighted by atomic mass is 32.2. The fraction of sp³-hybridized carbons (Fsp3) is 0.300. The molecule has 1 atom stereocenters. The van der Waals surface area contributed by atoms with Gasteiger partial charge in [0.05, 0.1) is 23.9 Å². The Morgan fingerprint density at radius 3 is 2.28 bits per heavy atom. The Balaban J connectivity index is 1.44. The third-order valence-electron chi connectivity index (χ3n) is 7.63. The lowest BCUT2D eigenvalue weighted by molar-refractivity contribution is -0.143. The lowest BCUT2D eigenvalue weighted by atomic mass is 10.0. The van der Waals surface area contributed by atoms with Crippen molar-refractivity contribution in [3.8, 4) is 17.0 Å². The molecule has 1 aliphatic heterocycles. The van der Waals surface area contributed by atoms with Crippen molar-refractivity contribution in [1.82, 2.24) is 24.4 Å². The van der Waals surface area contributed by atoms with Gasteiger partial charge in [-0.05, 0) is 55.8 Å². The summed E-state index contributed by atoms with van der Waals surface area (Å²) in [6.07, 6.45) is -2.48.